The number of nitrogens with zero attached hydrogens (tertiary/aromatic N) is 1. The molecule has 0 radical (unpaired) electrons. The summed E-state index contributed by atoms with van der Waals surface area (Å²) in [5.74, 6) is -0.828. The minimum atomic E-state index is -0.828. The Labute approximate surface area is 76.7 Å². The van der Waals surface area contributed by atoms with E-state index in [-0.39, 0.29) is 6.67 Å². The van der Waals surface area contributed by atoms with E-state index in [2.05, 4.69) is 5.32 Å². The van der Waals surface area contributed by atoms with Crippen molar-refractivity contribution in [1.29, 1.82) is 0 Å². The topological polar surface area (TPSA) is 52.6 Å². The Morgan fingerprint density at radius 1 is 1.69 bits per heavy atom. The molecule has 1 fully saturated rings. The highest BCUT2D eigenvalue weighted by Crippen LogP contribution is 2.04. The van der Waals surface area contributed by atoms with Crippen LogP contribution in [0.25, 0.3) is 0 Å². The van der Waals surface area contributed by atoms with Crippen LogP contribution in [0.5, 0.6) is 0 Å². The van der Waals surface area contributed by atoms with Crippen LogP contribution < -0.4 is 5.32 Å². The third-order valence-corrected chi connectivity index (χ3v) is 2.22. The molecule has 4 nitrogen and oxygen atoms in total. The summed E-state index contributed by atoms with van der Waals surface area (Å²) in [6.07, 6.45) is 0.420. The molecule has 1 aliphatic heterocycles. The zero-order valence-electron chi connectivity index (χ0n) is 7.50. The van der Waals surface area contributed by atoms with Crippen molar-refractivity contribution in [2.75, 3.05) is 32.9 Å². The third kappa shape index (κ3) is 2.93. The molecule has 1 aliphatic rings. The van der Waals surface area contributed by atoms with Crippen LogP contribution in [0.2, 0.25) is 0 Å². The van der Waals surface area contributed by atoms with Gasteiger partial charge in [0.1, 0.15) is 6.04 Å². The van der Waals surface area contributed by atoms with E-state index in [1.807, 2.05) is 4.90 Å². The zero-order valence-corrected chi connectivity index (χ0v) is 7.50. The number of aliphatic carboxylic acids is 1. The maximum Gasteiger partial charge on any atom is 0.322 e. The predicted octanol–water partition coefficient (Wildman–Crippen LogP) is -0.296. The molecule has 2 N–H and O–H groups in total. The van der Waals surface area contributed by atoms with Gasteiger partial charge in [-0.15, -0.1) is 0 Å². The quantitative estimate of drug-likeness (QED) is 0.639. The van der Waals surface area contributed by atoms with E-state index >= 15 is 0 Å². The number of alkyl halides is 1. The van der Waals surface area contributed by atoms with Gasteiger partial charge in [0.05, 0.1) is 6.67 Å². The van der Waals surface area contributed by atoms with E-state index in [9.17, 15) is 9.18 Å². The van der Waals surface area contributed by atoms with Crippen molar-refractivity contribution in [3.63, 3.8) is 0 Å². The van der Waals surface area contributed by atoms with Crippen LogP contribution in [-0.2, 0) is 4.79 Å². The fourth-order valence-corrected chi connectivity index (χ4v) is 1.52. The minimum Gasteiger partial charge on any atom is -0.480 e. The van der Waals surface area contributed by atoms with Gasteiger partial charge in [0, 0.05) is 26.2 Å². The van der Waals surface area contributed by atoms with E-state index < -0.39 is 12.0 Å². The summed E-state index contributed by atoms with van der Waals surface area (Å²) < 4.78 is 11.9. The van der Waals surface area contributed by atoms with Crippen molar-refractivity contribution in [2.45, 2.75) is 12.5 Å². The highest BCUT2D eigenvalue weighted by molar-refractivity contribution is 5.73. The highest BCUT2D eigenvalue weighted by atomic mass is 19.1. The van der Waals surface area contributed by atoms with Crippen molar-refractivity contribution < 1.29 is 14.3 Å². The van der Waals surface area contributed by atoms with Gasteiger partial charge >= 0.3 is 5.97 Å². The minimum absolute atomic E-state index is 0.379. The van der Waals surface area contributed by atoms with Gasteiger partial charge < -0.3 is 10.4 Å². The molecule has 76 valence electrons. The molecule has 0 aromatic carbocycles. The Morgan fingerprint density at radius 3 is 3.08 bits per heavy atom. The van der Waals surface area contributed by atoms with Gasteiger partial charge in [0.15, 0.2) is 0 Å². The van der Waals surface area contributed by atoms with Crippen molar-refractivity contribution >= 4 is 5.97 Å². The van der Waals surface area contributed by atoms with Gasteiger partial charge in [-0.05, 0) is 6.42 Å². The van der Waals surface area contributed by atoms with Gasteiger partial charge in [-0.1, -0.05) is 0 Å². The molecule has 1 rings (SSSR count). The number of nitrogens with one attached hydrogen (secondary N) is 1. The molecule has 1 atom stereocenters. The number of piperazine rings is 1. The van der Waals surface area contributed by atoms with Gasteiger partial charge in [-0.2, -0.15) is 0 Å². The fraction of sp³-hybridized carbons (Fsp3) is 0.875. The normalized spacial score (nSPS) is 24.5. The molecular formula is C8H15FN2O2. The Hall–Kier alpha value is -0.680. The number of carboxylic acids is 1. The third-order valence-electron chi connectivity index (χ3n) is 2.22. The van der Waals surface area contributed by atoms with E-state index in [1.54, 1.807) is 0 Å². The Kier molecular flexibility index (Phi) is 4.11. The van der Waals surface area contributed by atoms with Gasteiger partial charge in [-0.25, -0.2) is 0 Å². The molecule has 1 heterocycles. The molecule has 0 aliphatic carbocycles. The molecule has 0 bridgehead atoms. The number of halogens is 1. The molecule has 1 unspecified atom stereocenters. The summed E-state index contributed by atoms with van der Waals surface area (Å²) in [4.78, 5) is 12.6. The second kappa shape index (κ2) is 5.14. The smallest absolute Gasteiger partial charge is 0.322 e. The molecule has 0 amide bonds. The number of hydrogen-bond acceptors (Lipinski definition) is 3. The van der Waals surface area contributed by atoms with Crippen LogP contribution in [0.15, 0.2) is 0 Å². The van der Waals surface area contributed by atoms with E-state index in [4.69, 9.17) is 5.11 Å². The summed E-state index contributed by atoms with van der Waals surface area (Å²) in [5, 5.41) is 11.8. The molecule has 0 spiro atoms. The second-order valence-corrected chi connectivity index (χ2v) is 3.14. The molecule has 0 aromatic heterocycles. The van der Waals surface area contributed by atoms with Crippen LogP contribution in [0.1, 0.15) is 6.42 Å². The van der Waals surface area contributed by atoms with E-state index in [0.717, 1.165) is 6.54 Å². The Balaban J connectivity index is 2.41. The highest BCUT2D eigenvalue weighted by Gasteiger charge is 2.27. The van der Waals surface area contributed by atoms with Gasteiger partial charge in [0.2, 0.25) is 0 Å². The monoisotopic (exact) mass is 190 g/mol. The summed E-state index contributed by atoms with van der Waals surface area (Å²) in [7, 11) is 0. The standard InChI is InChI=1S/C8H15FN2O2/c9-2-1-4-11-5-3-10-6-7(11)8(12)13/h7,10H,1-6H2,(H,12,13). The Bertz CT molecular complexity index is 178. The predicted molar refractivity (Wildman–Crippen MR) is 46.5 cm³/mol. The first-order valence-electron chi connectivity index (χ1n) is 4.49. The number of carbonyl (C=O) groups is 1. The first-order valence-corrected chi connectivity index (χ1v) is 4.49. The Morgan fingerprint density at radius 2 is 2.46 bits per heavy atom. The summed E-state index contributed by atoms with van der Waals surface area (Å²) in [5.41, 5.74) is 0. The largest absolute Gasteiger partial charge is 0.480 e. The van der Waals surface area contributed by atoms with Crippen molar-refractivity contribution in [2.24, 2.45) is 0 Å². The average Bonchev–Trinajstić information content (AvgIpc) is 2.15. The van der Waals surface area contributed by atoms with E-state index in [1.165, 1.54) is 0 Å². The zero-order chi connectivity index (χ0) is 9.68. The maximum absolute atomic E-state index is 11.9. The number of carboxylic acid groups (broad SMARTS) is 1. The van der Waals surface area contributed by atoms with Crippen molar-refractivity contribution in [1.82, 2.24) is 10.2 Å². The van der Waals surface area contributed by atoms with Crippen molar-refractivity contribution in [3.8, 4) is 0 Å². The molecule has 0 aromatic rings. The lowest BCUT2D eigenvalue weighted by atomic mass is 10.2. The first kappa shape index (κ1) is 10.4. The van der Waals surface area contributed by atoms with Crippen LogP contribution >= 0.6 is 0 Å². The molecule has 5 heteroatoms. The van der Waals surface area contributed by atoms with Crippen LogP contribution in [0.4, 0.5) is 4.39 Å². The number of rotatable bonds is 4. The second-order valence-electron chi connectivity index (χ2n) is 3.14. The number of hydrogen-bond donors (Lipinski definition) is 2. The van der Waals surface area contributed by atoms with E-state index in [0.29, 0.717) is 26.1 Å². The average molecular weight is 190 g/mol. The summed E-state index contributed by atoms with van der Waals surface area (Å²) in [6.45, 7) is 2.10. The van der Waals surface area contributed by atoms with Gasteiger partial charge in [0.25, 0.3) is 0 Å². The van der Waals surface area contributed by atoms with Crippen LogP contribution in [0.3, 0.4) is 0 Å². The maximum atomic E-state index is 11.9. The lowest BCUT2D eigenvalue weighted by Crippen LogP contribution is -2.55. The molecule has 1 saturated heterocycles. The molecule has 13 heavy (non-hydrogen) atoms. The fourth-order valence-electron chi connectivity index (χ4n) is 1.52. The summed E-state index contributed by atoms with van der Waals surface area (Å²) in [6, 6.07) is -0.486. The van der Waals surface area contributed by atoms with Gasteiger partial charge in [-0.3, -0.25) is 14.1 Å². The first-order chi connectivity index (χ1) is 6.25. The lowest BCUT2D eigenvalue weighted by Gasteiger charge is -2.33. The molecule has 0 saturated carbocycles. The van der Waals surface area contributed by atoms with Crippen LogP contribution in [-0.4, -0.2) is 54.9 Å². The SMILES string of the molecule is O=C(O)C1CNCCN1CCCF. The van der Waals surface area contributed by atoms with Crippen LogP contribution in [0, 0.1) is 0 Å². The lowest BCUT2D eigenvalue weighted by molar-refractivity contribution is -0.143. The molecular weight excluding hydrogens is 175 g/mol. The summed E-state index contributed by atoms with van der Waals surface area (Å²) >= 11 is 0. The van der Waals surface area contributed by atoms with Crippen molar-refractivity contribution in [3.05, 3.63) is 0 Å².